The molecule has 0 unspecified atom stereocenters. The Kier molecular flexibility index (Phi) is 3.89. The van der Waals surface area contributed by atoms with Crippen molar-refractivity contribution >= 4 is 28.7 Å². The van der Waals surface area contributed by atoms with E-state index in [1.54, 1.807) is 23.9 Å². The van der Waals surface area contributed by atoms with E-state index < -0.39 is 5.82 Å². The number of aromatic nitrogens is 2. The van der Waals surface area contributed by atoms with Crippen LogP contribution in [0.3, 0.4) is 0 Å². The predicted octanol–water partition coefficient (Wildman–Crippen LogP) is 2.25. The Morgan fingerprint density at radius 3 is 2.75 bits per heavy atom. The minimum absolute atomic E-state index is 0.186. The number of thiocarbonyl (C=S) groups is 1. The van der Waals surface area contributed by atoms with Gasteiger partial charge in [0.2, 0.25) is 0 Å². The largest absolute Gasteiger partial charge is 0.494 e. The molecule has 0 saturated heterocycles. The summed E-state index contributed by atoms with van der Waals surface area (Å²) in [4.78, 5) is 0.243. The Morgan fingerprint density at radius 2 is 2.20 bits per heavy atom. The third kappa shape index (κ3) is 2.57. The number of anilines is 2. The monoisotopic (exact) mass is 294 g/mol. The molecule has 20 heavy (non-hydrogen) atoms. The number of ether oxygens (including phenoxy) is 1. The Balaban J connectivity index is 2.40. The molecule has 0 atom stereocenters. The second-order valence-electron chi connectivity index (χ2n) is 4.27. The van der Waals surface area contributed by atoms with Crippen LogP contribution in [0.15, 0.2) is 18.2 Å². The molecule has 1 heterocycles. The molecule has 1 aromatic heterocycles. The lowest BCUT2D eigenvalue weighted by molar-refractivity contribution is 0.386. The molecular weight excluding hydrogens is 279 g/mol. The van der Waals surface area contributed by atoms with Crippen LogP contribution in [0.5, 0.6) is 5.75 Å². The normalized spacial score (nSPS) is 10.4. The zero-order valence-electron chi connectivity index (χ0n) is 11.4. The summed E-state index contributed by atoms with van der Waals surface area (Å²) in [6.45, 7) is 1.81. The van der Waals surface area contributed by atoms with Gasteiger partial charge in [0.15, 0.2) is 11.6 Å². The van der Waals surface area contributed by atoms with Crippen molar-refractivity contribution < 1.29 is 9.13 Å². The van der Waals surface area contributed by atoms with Gasteiger partial charge in [-0.2, -0.15) is 5.10 Å². The predicted molar refractivity (Wildman–Crippen MR) is 80.1 cm³/mol. The maximum absolute atomic E-state index is 13.7. The van der Waals surface area contributed by atoms with Gasteiger partial charge in [0, 0.05) is 18.8 Å². The lowest BCUT2D eigenvalue weighted by Gasteiger charge is -2.10. The average Bonchev–Trinajstić information content (AvgIpc) is 2.64. The van der Waals surface area contributed by atoms with Gasteiger partial charge in [-0.05, 0) is 19.1 Å². The minimum Gasteiger partial charge on any atom is -0.494 e. The Morgan fingerprint density at radius 1 is 1.50 bits per heavy atom. The number of nitrogens with zero attached hydrogens (tertiary/aromatic N) is 2. The summed E-state index contributed by atoms with van der Waals surface area (Å²) >= 11 is 5.02. The van der Waals surface area contributed by atoms with Crippen LogP contribution in [-0.4, -0.2) is 21.9 Å². The SMILES string of the molecule is COc1ccc(Nc2c(C(N)=S)c(C)nn2C)cc1F. The van der Waals surface area contributed by atoms with E-state index >= 15 is 0 Å². The van der Waals surface area contributed by atoms with Gasteiger partial charge in [-0.15, -0.1) is 0 Å². The van der Waals surface area contributed by atoms with E-state index in [1.807, 2.05) is 6.92 Å². The number of nitrogens with two attached hydrogens (primary N) is 1. The lowest BCUT2D eigenvalue weighted by atomic mass is 10.2. The van der Waals surface area contributed by atoms with Gasteiger partial charge in [0.1, 0.15) is 10.8 Å². The maximum Gasteiger partial charge on any atom is 0.167 e. The highest BCUT2D eigenvalue weighted by molar-refractivity contribution is 7.80. The number of aryl methyl sites for hydroxylation is 2. The van der Waals surface area contributed by atoms with E-state index in [-0.39, 0.29) is 10.7 Å². The maximum atomic E-state index is 13.7. The molecule has 0 spiro atoms. The number of nitrogens with one attached hydrogen (secondary N) is 1. The molecule has 5 nitrogen and oxygen atoms in total. The first-order valence-corrected chi connectivity index (χ1v) is 6.28. The average molecular weight is 294 g/mol. The van der Waals surface area contributed by atoms with Crippen LogP contribution in [0, 0.1) is 12.7 Å². The Hall–Kier alpha value is -2.15. The number of halogens is 1. The van der Waals surface area contributed by atoms with Crippen molar-refractivity contribution in [3.05, 3.63) is 35.3 Å². The molecule has 106 valence electrons. The van der Waals surface area contributed by atoms with Crippen molar-refractivity contribution in [3.63, 3.8) is 0 Å². The molecule has 0 radical (unpaired) electrons. The van der Waals surface area contributed by atoms with Crippen molar-refractivity contribution in [1.82, 2.24) is 9.78 Å². The molecule has 0 saturated carbocycles. The minimum atomic E-state index is -0.451. The molecule has 2 rings (SSSR count). The standard InChI is InChI=1S/C13H15FN4OS/c1-7-11(12(15)20)13(18(2)17-7)16-8-4-5-10(19-3)9(14)6-8/h4-6,16H,1-3H3,(H2,15,20). The van der Waals surface area contributed by atoms with Gasteiger partial charge in [0.05, 0.1) is 18.4 Å². The summed E-state index contributed by atoms with van der Waals surface area (Å²) in [7, 11) is 3.18. The molecule has 2 aromatic rings. The summed E-state index contributed by atoms with van der Waals surface area (Å²) in [5, 5.41) is 7.33. The number of benzene rings is 1. The van der Waals surface area contributed by atoms with Gasteiger partial charge >= 0.3 is 0 Å². The quantitative estimate of drug-likeness (QED) is 0.847. The number of rotatable bonds is 4. The van der Waals surface area contributed by atoms with Crippen LogP contribution in [0.25, 0.3) is 0 Å². The molecule has 0 fully saturated rings. The van der Waals surface area contributed by atoms with Crippen LogP contribution >= 0.6 is 12.2 Å². The van der Waals surface area contributed by atoms with Crippen molar-refractivity contribution in [1.29, 1.82) is 0 Å². The fraction of sp³-hybridized carbons (Fsp3) is 0.231. The summed E-state index contributed by atoms with van der Waals surface area (Å²) in [5.74, 6) is 0.360. The van der Waals surface area contributed by atoms with E-state index in [2.05, 4.69) is 10.4 Å². The summed E-state index contributed by atoms with van der Waals surface area (Å²) in [6, 6.07) is 4.58. The first-order valence-electron chi connectivity index (χ1n) is 5.88. The molecule has 0 amide bonds. The highest BCUT2D eigenvalue weighted by atomic mass is 32.1. The fourth-order valence-electron chi connectivity index (χ4n) is 1.98. The van der Waals surface area contributed by atoms with Crippen LogP contribution < -0.4 is 15.8 Å². The summed E-state index contributed by atoms with van der Waals surface area (Å²) < 4.78 is 20.2. The molecule has 3 N–H and O–H groups in total. The van der Waals surface area contributed by atoms with Crippen LogP contribution in [-0.2, 0) is 7.05 Å². The summed E-state index contributed by atoms with van der Waals surface area (Å²) in [5.41, 5.74) is 7.63. The molecule has 0 aliphatic carbocycles. The molecule has 0 aliphatic heterocycles. The smallest absolute Gasteiger partial charge is 0.167 e. The molecule has 1 aromatic carbocycles. The van der Waals surface area contributed by atoms with Gasteiger partial charge in [-0.3, -0.25) is 4.68 Å². The Bertz CT molecular complexity index is 669. The van der Waals surface area contributed by atoms with E-state index in [9.17, 15) is 4.39 Å². The fourth-order valence-corrected chi connectivity index (χ4v) is 2.22. The second kappa shape index (κ2) is 5.46. The van der Waals surface area contributed by atoms with Gasteiger partial charge in [-0.25, -0.2) is 4.39 Å². The van der Waals surface area contributed by atoms with Crippen molar-refractivity contribution in [2.45, 2.75) is 6.92 Å². The highest BCUT2D eigenvalue weighted by Gasteiger charge is 2.16. The van der Waals surface area contributed by atoms with E-state index in [4.69, 9.17) is 22.7 Å². The highest BCUT2D eigenvalue weighted by Crippen LogP contribution is 2.26. The van der Waals surface area contributed by atoms with E-state index in [1.165, 1.54) is 13.2 Å². The molecule has 0 aliphatic rings. The van der Waals surface area contributed by atoms with Crippen molar-refractivity contribution in [3.8, 4) is 5.75 Å². The molecule has 0 bridgehead atoms. The number of methoxy groups -OCH3 is 1. The first kappa shape index (κ1) is 14.3. The molecule has 7 heteroatoms. The van der Waals surface area contributed by atoms with Crippen LogP contribution in [0.4, 0.5) is 15.9 Å². The van der Waals surface area contributed by atoms with E-state index in [0.29, 0.717) is 17.1 Å². The van der Waals surface area contributed by atoms with Crippen molar-refractivity contribution in [2.24, 2.45) is 12.8 Å². The molecular formula is C13H15FN4OS. The van der Waals surface area contributed by atoms with E-state index in [0.717, 1.165) is 5.69 Å². The van der Waals surface area contributed by atoms with Crippen LogP contribution in [0.1, 0.15) is 11.3 Å². The lowest BCUT2D eigenvalue weighted by Crippen LogP contribution is -2.13. The number of hydrogen-bond donors (Lipinski definition) is 2. The van der Waals surface area contributed by atoms with Gasteiger partial charge < -0.3 is 15.8 Å². The second-order valence-corrected chi connectivity index (χ2v) is 4.71. The van der Waals surface area contributed by atoms with Gasteiger partial charge in [0.25, 0.3) is 0 Å². The zero-order valence-corrected chi connectivity index (χ0v) is 12.2. The Labute approximate surface area is 121 Å². The zero-order chi connectivity index (χ0) is 14.9. The van der Waals surface area contributed by atoms with Crippen molar-refractivity contribution in [2.75, 3.05) is 12.4 Å². The third-order valence-corrected chi connectivity index (χ3v) is 3.09. The van der Waals surface area contributed by atoms with Gasteiger partial charge in [-0.1, -0.05) is 12.2 Å². The third-order valence-electron chi connectivity index (χ3n) is 2.88. The number of hydrogen-bond acceptors (Lipinski definition) is 4. The van der Waals surface area contributed by atoms with Crippen LogP contribution in [0.2, 0.25) is 0 Å². The summed E-state index contributed by atoms with van der Waals surface area (Å²) in [6.07, 6.45) is 0. The first-order chi connectivity index (χ1) is 9.43. The topological polar surface area (TPSA) is 65.1 Å².